The molecule has 4 heteroatoms. The minimum atomic E-state index is 0. The summed E-state index contributed by atoms with van der Waals surface area (Å²) in [5.41, 5.74) is 4.49. The lowest BCUT2D eigenvalue weighted by Gasteiger charge is -2.15. The van der Waals surface area contributed by atoms with Crippen LogP contribution in [0.5, 0.6) is 0 Å². The van der Waals surface area contributed by atoms with Crippen molar-refractivity contribution in [1.82, 2.24) is 0 Å². The van der Waals surface area contributed by atoms with Crippen molar-refractivity contribution in [2.75, 3.05) is 5.32 Å². The number of allylic oxidation sites excluding steroid dienone is 2. The Morgan fingerprint density at radius 2 is 1.78 bits per heavy atom. The van der Waals surface area contributed by atoms with Crippen LogP contribution in [0.1, 0.15) is 34.3 Å². The van der Waals surface area contributed by atoms with Crippen molar-refractivity contribution in [3.05, 3.63) is 116 Å². The molecule has 3 aliphatic rings. The van der Waals surface area contributed by atoms with Crippen LogP contribution in [0.3, 0.4) is 0 Å². The van der Waals surface area contributed by atoms with Crippen molar-refractivity contribution >= 4 is 53.7 Å². The first kappa shape index (κ1) is 22.1. The number of anilines is 1. The zero-order valence-corrected chi connectivity index (χ0v) is 19.0. The van der Waals surface area contributed by atoms with Gasteiger partial charge in [0.05, 0.1) is 0 Å². The van der Waals surface area contributed by atoms with E-state index in [9.17, 15) is 4.79 Å². The molecule has 0 atom stereocenters. The molecule has 2 aliphatic carbocycles. The third-order valence-electron chi connectivity index (χ3n) is 5.89. The predicted molar refractivity (Wildman–Crippen MR) is 137 cm³/mol. The van der Waals surface area contributed by atoms with Gasteiger partial charge >= 0.3 is 0 Å². The van der Waals surface area contributed by atoms with Crippen LogP contribution in [-0.2, 0) is 6.42 Å². The number of hydrogen-bond acceptors (Lipinski definition) is 2. The van der Waals surface area contributed by atoms with E-state index in [-0.39, 0.29) is 18.2 Å². The van der Waals surface area contributed by atoms with E-state index in [1.165, 1.54) is 16.3 Å². The monoisotopic (exact) mass is 459 g/mol. The number of hydrogen-bond donors (Lipinski definition) is 1. The van der Waals surface area contributed by atoms with Crippen molar-refractivity contribution < 1.29 is 4.79 Å². The SMILES string of the molecule is C1=CNc2ccccc2C=C1.Cl.O=C1C=c2c(Cl)cccc2=c2ccc3c(c21)CCCC=3. The van der Waals surface area contributed by atoms with Crippen LogP contribution >= 0.6 is 24.0 Å². The number of Topliss-reactive ketones (excluding diaryl/α,β-unsaturated/α-hetero) is 1. The lowest BCUT2D eigenvalue weighted by molar-refractivity contribution is 0.105. The highest BCUT2D eigenvalue weighted by atomic mass is 35.5. The molecule has 32 heavy (non-hydrogen) atoms. The molecular weight excluding hydrogens is 437 g/mol. The molecular formula is C28H23Cl2NO. The van der Waals surface area contributed by atoms with E-state index in [0.717, 1.165) is 46.2 Å². The van der Waals surface area contributed by atoms with Gasteiger partial charge in [0.25, 0.3) is 0 Å². The van der Waals surface area contributed by atoms with E-state index in [1.807, 2.05) is 48.7 Å². The maximum absolute atomic E-state index is 12.5. The normalized spacial score (nSPS) is 14.3. The number of nitrogens with one attached hydrogen (secondary N) is 1. The van der Waals surface area contributed by atoms with Gasteiger partial charge in [-0.25, -0.2) is 0 Å². The molecule has 0 bridgehead atoms. The van der Waals surface area contributed by atoms with Crippen LogP contribution in [-0.4, -0.2) is 5.78 Å². The molecule has 6 rings (SSSR count). The van der Waals surface area contributed by atoms with Crippen LogP contribution in [0.25, 0.3) is 18.2 Å². The van der Waals surface area contributed by atoms with Gasteiger partial charge < -0.3 is 5.32 Å². The first-order valence-electron chi connectivity index (χ1n) is 10.6. The molecule has 2 nitrogen and oxygen atoms in total. The van der Waals surface area contributed by atoms with Gasteiger partial charge in [0.15, 0.2) is 5.78 Å². The Bertz CT molecular complexity index is 1470. The fourth-order valence-corrected chi connectivity index (χ4v) is 4.64. The molecule has 0 radical (unpaired) electrons. The Labute approximate surface area is 198 Å². The van der Waals surface area contributed by atoms with Gasteiger partial charge in [-0.2, -0.15) is 0 Å². The quantitative estimate of drug-likeness (QED) is 0.461. The van der Waals surface area contributed by atoms with E-state index in [1.54, 1.807) is 6.08 Å². The summed E-state index contributed by atoms with van der Waals surface area (Å²) in [5.74, 6) is 0.0905. The third-order valence-corrected chi connectivity index (χ3v) is 6.22. The molecule has 0 spiro atoms. The Balaban J connectivity index is 0.000000174. The fraction of sp³-hybridized carbons (Fsp3) is 0.107. The molecule has 1 heterocycles. The summed E-state index contributed by atoms with van der Waals surface area (Å²) < 4.78 is 0. The van der Waals surface area contributed by atoms with Crippen LogP contribution in [0.2, 0.25) is 5.02 Å². The van der Waals surface area contributed by atoms with Crippen molar-refractivity contribution in [2.45, 2.75) is 19.3 Å². The molecule has 3 aromatic carbocycles. The van der Waals surface area contributed by atoms with Gasteiger partial charge in [-0.05, 0) is 70.3 Å². The number of carbonyl (C=O) groups is 1. The Morgan fingerprint density at radius 3 is 2.69 bits per heavy atom. The predicted octanol–water partition coefficient (Wildman–Crippen LogP) is 5.78. The summed E-state index contributed by atoms with van der Waals surface area (Å²) in [6, 6.07) is 18.2. The number of benzene rings is 3. The topological polar surface area (TPSA) is 29.1 Å². The van der Waals surface area contributed by atoms with E-state index < -0.39 is 0 Å². The van der Waals surface area contributed by atoms with E-state index >= 15 is 0 Å². The molecule has 0 fully saturated rings. The van der Waals surface area contributed by atoms with Crippen LogP contribution < -0.4 is 15.8 Å². The minimum absolute atomic E-state index is 0. The highest BCUT2D eigenvalue weighted by Crippen LogP contribution is 2.19. The number of rotatable bonds is 0. The van der Waals surface area contributed by atoms with Gasteiger partial charge in [-0.1, -0.05) is 72.3 Å². The second kappa shape index (κ2) is 9.60. The number of para-hydroxylation sites is 1. The molecule has 0 saturated carbocycles. The first-order valence-corrected chi connectivity index (χ1v) is 11.0. The molecule has 0 saturated heterocycles. The molecule has 0 unspecified atom stereocenters. The van der Waals surface area contributed by atoms with Gasteiger partial charge in [-0.3, -0.25) is 4.79 Å². The molecule has 1 N–H and O–H groups in total. The average molecular weight is 460 g/mol. The van der Waals surface area contributed by atoms with Crippen molar-refractivity contribution in [3.63, 3.8) is 0 Å². The van der Waals surface area contributed by atoms with Crippen molar-refractivity contribution in [3.8, 4) is 0 Å². The standard InChI is InChI=1S/C18H13ClO.C10H9N.ClH/c19-16-7-3-6-13-14-9-8-11-4-1-2-5-12(11)18(14)17(20)10-15(13)16;1-2-7-10-9(5-1)6-3-4-8-11-10;/h3-4,6-10H,1-2,5H2;1-8,11H;1H. The molecule has 1 aliphatic heterocycles. The molecule has 160 valence electrons. The van der Waals surface area contributed by atoms with Crippen LogP contribution in [0.15, 0.2) is 72.9 Å². The number of halogens is 2. The smallest absolute Gasteiger partial charge is 0.187 e. The summed E-state index contributed by atoms with van der Waals surface area (Å²) in [6.07, 6.45) is 15.2. The molecule has 0 amide bonds. The number of fused-ring (bicyclic) bond motifs is 5. The molecule has 0 aromatic heterocycles. The Morgan fingerprint density at radius 1 is 0.906 bits per heavy atom. The van der Waals surface area contributed by atoms with Gasteiger partial charge in [0.1, 0.15) is 0 Å². The number of ketones is 1. The second-order valence-corrected chi connectivity index (χ2v) is 8.22. The van der Waals surface area contributed by atoms with Crippen molar-refractivity contribution in [2.24, 2.45) is 0 Å². The van der Waals surface area contributed by atoms with Gasteiger partial charge in [0.2, 0.25) is 0 Å². The first-order chi connectivity index (χ1) is 15.2. The van der Waals surface area contributed by atoms with Gasteiger partial charge in [0, 0.05) is 27.7 Å². The van der Waals surface area contributed by atoms with E-state index in [4.69, 9.17) is 11.6 Å². The van der Waals surface area contributed by atoms with Crippen LogP contribution in [0, 0.1) is 10.4 Å². The molecule has 3 aromatic rings. The summed E-state index contributed by atoms with van der Waals surface area (Å²) in [5, 5.41) is 8.01. The van der Waals surface area contributed by atoms with E-state index in [2.05, 4.69) is 41.7 Å². The third kappa shape index (κ3) is 4.17. The van der Waals surface area contributed by atoms with Crippen molar-refractivity contribution in [1.29, 1.82) is 0 Å². The second-order valence-electron chi connectivity index (χ2n) is 7.81. The highest BCUT2D eigenvalue weighted by molar-refractivity contribution is 6.31. The summed E-state index contributed by atoms with van der Waals surface area (Å²) in [7, 11) is 0. The largest absolute Gasteiger partial charge is 0.361 e. The van der Waals surface area contributed by atoms with E-state index in [0.29, 0.717) is 5.02 Å². The summed E-state index contributed by atoms with van der Waals surface area (Å²) in [4.78, 5) is 12.5. The zero-order valence-electron chi connectivity index (χ0n) is 17.5. The lowest BCUT2D eigenvalue weighted by Crippen LogP contribution is -2.23. The van der Waals surface area contributed by atoms with Gasteiger partial charge in [-0.15, -0.1) is 12.4 Å². The summed E-state index contributed by atoms with van der Waals surface area (Å²) >= 11 is 6.23. The average Bonchev–Trinajstić information content (AvgIpc) is 3.06. The lowest BCUT2D eigenvalue weighted by atomic mass is 9.88. The Kier molecular flexibility index (Phi) is 6.64. The maximum Gasteiger partial charge on any atom is 0.187 e. The fourth-order valence-electron chi connectivity index (χ4n) is 4.42. The number of carbonyl (C=O) groups excluding carboxylic acids is 1. The minimum Gasteiger partial charge on any atom is -0.361 e. The maximum atomic E-state index is 12.5. The zero-order chi connectivity index (χ0) is 21.2. The highest BCUT2D eigenvalue weighted by Gasteiger charge is 2.17. The summed E-state index contributed by atoms with van der Waals surface area (Å²) in [6.45, 7) is 0. The Hall–Kier alpha value is -3.07. The van der Waals surface area contributed by atoms with Crippen LogP contribution in [0.4, 0.5) is 5.69 Å².